The molecule has 4 heteroatoms. The fourth-order valence-electron chi connectivity index (χ4n) is 7.71. The van der Waals surface area contributed by atoms with Crippen LogP contribution in [0.3, 0.4) is 0 Å². The molecule has 8 aromatic rings. The molecule has 0 fully saturated rings. The number of rotatable bonds is 5. The summed E-state index contributed by atoms with van der Waals surface area (Å²) in [6.07, 6.45) is 13.5. The summed E-state index contributed by atoms with van der Waals surface area (Å²) in [7, 11) is 0. The Labute approximate surface area is 295 Å². The predicted octanol–water partition coefficient (Wildman–Crippen LogP) is 11.8. The van der Waals surface area contributed by atoms with E-state index in [1.807, 2.05) is 42.5 Å². The minimum atomic E-state index is 0.239. The first-order valence-electron chi connectivity index (χ1n) is 17.4. The van der Waals surface area contributed by atoms with Gasteiger partial charge in [0.15, 0.2) is 17.5 Å². The Bertz CT molecular complexity index is 2750. The molecule has 2 unspecified atom stereocenters. The number of fused-ring (bicyclic) bond motifs is 5. The van der Waals surface area contributed by atoms with Crippen LogP contribution in [0.25, 0.3) is 72.4 Å². The molecule has 0 amide bonds. The van der Waals surface area contributed by atoms with Crippen molar-refractivity contribution >= 4 is 38.3 Å². The fraction of sp³-hybridized carbons (Fsp3) is 0.0426. The molecule has 2 heterocycles. The van der Waals surface area contributed by atoms with Gasteiger partial charge in [0.25, 0.3) is 0 Å². The normalized spacial score (nSPS) is 16.7. The van der Waals surface area contributed by atoms with E-state index < -0.39 is 0 Å². The first-order chi connectivity index (χ1) is 25.3. The third-order valence-corrected chi connectivity index (χ3v) is 10.1. The summed E-state index contributed by atoms with van der Waals surface area (Å²) in [6.45, 7) is 0. The summed E-state index contributed by atoms with van der Waals surface area (Å²) >= 11 is 0. The molecule has 2 aliphatic rings. The van der Waals surface area contributed by atoms with Crippen molar-refractivity contribution in [1.82, 2.24) is 15.0 Å². The number of allylic oxidation sites excluding steroid dienone is 8. The van der Waals surface area contributed by atoms with Crippen LogP contribution >= 0.6 is 0 Å². The first kappa shape index (κ1) is 29.3. The molecule has 2 aromatic heterocycles. The smallest absolute Gasteiger partial charge is 0.164 e. The highest BCUT2D eigenvalue weighted by Gasteiger charge is 2.29. The second-order valence-electron chi connectivity index (χ2n) is 13.1. The molecule has 0 bridgehead atoms. The number of hydrogen-bond acceptors (Lipinski definition) is 4. The summed E-state index contributed by atoms with van der Waals surface area (Å²) in [6, 6.07) is 48.2. The lowest BCUT2D eigenvalue weighted by Crippen LogP contribution is -2.16. The molecule has 0 radical (unpaired) electrons. The van der Waals surface area contributed by atoms with Gasteiger partial charge in [-0.05, 0) is 39.6 Å². The fourth-order valence-corrected chi connectivity index (χ4v) is 7.71. The molecule has 6 aromatic carbocycles. The van der Waals surface area contributed by atoms with Crippen molar-refractivity contribution in [2.24, 2.45) is 5.92 Å². The lowest BCUT2D eigenvalue weighted by atomic mass is 9.73. The lowest BCUT2D eigenvalue weighted by molar-refractivity contribution is 0.663. The topological polar surface area (TPSA) is 51.8 Å². The lowest BCUT2D eigenvalue weighted by Gasteiger charge is -2.31. The van der Waals surface area contributed by atoms with Crippen molar-refractivity contribution in [3.05, 3.63) is 193 Å². The Morgan fingerprint density at radius 3 is 2.08 bits per heavy atom. The van der Waals surface area contributed by atoms with Crippen molar-refractivity contribution in [2.75, 3.05) is 0 Å². The molecule has 240 valence electrons. The molecule has 0 N–H and O–H groups in total. The number of aromatic nitrogens is 3. The molecule has 0 aliphatic heterocycles. The Balaban J connectivity index is 1.15. The molecule has 2 aliphatic carbocycles. The SMILES string of the molecule is C1=CC2=C(c3cccc4c3oc3cccc(-c5nc(-c6ccccc6)nc(-c6ccc7ccccc7c6)n5)c34)C=CC(c3ccccc3)C2C=C1. The highest BCUT2D eigenvalue weighted by atomic mass is 16.3. The predicted molar refractivity (Wildman–Crippen MR) is 208 cm³/mol. The van der Waals surface area contributed by atoms with Crippen LogP contribution in [-0.2, 0) is 0 Å². The highest BCUT2D eigenvalue weighted by molar-refractivity contribution is 6.14. The maximum atomic E-state index is 6.79. The second kappa shape index (κ2) is 12.0. The Morgan fingerprint density at radius 1 is 0.490 bits per heavy atom. The molecule has 0 spiro atoms. The van der Waals surface area contributed by atoms with Crippen molar-refractivity contribution in [3.8, 4) is 34.2 Å². The van der Waals surface area contributed by atoms with Gasteiger partial charge in [0, 0.05) is 44.9 Å². The van der Waals surface area contributed by atoms with Crippen LogP contribution in [0.2, 0.25) is 0 Å². The van der Waals surface area contributed by atoms with Crippen LogP contribution in [0, 0.1) is 5.92 Å². The summed E-state index contributed by atoms with van der Waals surface area (Å²) in [5.41, 5.74) is 9.32. The van der Waals surface area contributed by atoms with E-state index in [0.29, 0.717) is 17.5 Å². The molecular weight excluding hydrogens is 623 g/mol. The van der Waals surface area contributed by atoms with Crippen LogP contribution in [0.5, 0.6) is 0 Å². The van der Waals surface area contributed by atoms with Gasteiger partial charge in [-0.15, -0.1) is 0 Å². The molecule has 4 nitrogen and oxygen atoms in total. The number of furan rings is 1. The van der Waals surface area contributed by atoms with Gasteiger partial charge in [0.05, 0.1) is 0 Å². The van der Waals surface area contributed by atoms with Gasteiger partial charge >= 0.3 is 0 Å². The number of nitrogens with zero attached hydrogens (tertiary/aromatic N) is 3. The van der Waals surface area contributed by atoms with Crippen LogP contribution in [-0.4, -0.2) is 15.0 Å². The second-order valence-corrected chi connectivity index (χ2v) is 13.1. The summed E-state index contributed by atoms with van der Waals surface area (Å²) in [5, 5.41) is 4.34. The molecule has 0 saturated carbocycles. The van der Waals surface area contributed by atoms with Crippen LogP contribution < -0.4 is 0 Å². The average molecular weight is 654 g/mol. The van der Waals surface area contributed by atoms with Crippen molar-refractivity contribution in [3.63, 3.8) is 0 Å². The van der Waals surface area contributed by atoms with Crippen molar-refractivity contribution < 1.29 is 4.42 Å². The molecule has 51 heavy (non-hydrogen) atoms. The van der Waals surface area contributed by atoms with Gasteiger partial charge in [0.1, 0.15) is 11.2 Å². The van der Waals surface area contributed by atoms with Gasteiger partial charge in [-0.2, -0.15) is 0 Å². The monoisotopic (exact) mass is 653 g/mol. The quantitative estimate of drug-likeness (QED) is 0.185. The summed E-state index contributed by atoms with van der Waals surface area (Å²) in [4.78, 5) is 15.3. The van der Waals surface area contributed by atoms with Crippen LogP contribution in [0.4, 0.5) is 0 Å². The van der Waals surface area contributed by atoms with E-state index in [0.717, 1.165) is 49.6 Å². The molecule has 0 saturated heterocycles. The number of para-hydroxylation sites is 1. The van der Waals surface area contributed by atoms with E-state index in [1.165, 1.54) is 22.1 Å². The number of hydrogen-bond donors (Lipinski definition) is 0. The van der Waals surface area contributed by atoms with E-state index in [1.54, 1.807) is 0 Å². The van der Waals surface area contributed by atoms with E-state index in [2.05, 4.69) is 134 Å². The van der Waals surface area contributed by atoms with Crippen molar-refractivity contribution in [2.45, 2.75) is 5.92 Å². The van der Waals surface area contributed by atoms with Gasteiger partial charge in [0.2, 0.25) is 0 Å². The van der Waals surface area contributed by atoms with Crippen LogP contribution in [0.1, 0.15) is 17.0 Å². The van der Waals surface area contributed by atoms with Gasteiger partial charge in [-0.25, -0.2) is 15.0 Å². The largest absolute Gasteiger partial charge is 0.455 e. The third-order valence-electron chi connectivity index (χ3n) is 10.1. The zero-order chi connectivity index (χ0) is 33.7. The Morgan fingerprint density at radius 2 is 1.22 bits per heavy atom. The summed E-state index contributed by atoms with van der Waals surface area (Å²) < 4.78 is 6.79. The summed E-state index contributed by atoms with van der Waals surface area (Å²) in [5.74, 6) is 2.38. The zero-order valence-corrected chi connectivity index (χ0v) is 27.6. The van der Waals surface area contributed by atoms with Gasteiger partial charge in [-0.3, -0.25) is 0 Å². The maximum absolute atomic E-state index is 6.79. The third kappa shape index (κ3) is 5.03. The first-order valence-corrected chi connectivity index (χ1v) is 17.4. The van der Waals surface area contributed by atoms with E-state index >= 15 is 0 Å². The highest BCUT2D eigenvalue weighted by Crippen LogP contribution is 2.46. The molecule has 2 atom stereocenters. The number of benzene rings is 6. The molecular formula is C47H31N3O. The zero-order valence-electron chi connectivity index (χ0n) is 27.6. The maximum Gasteiger partial charge on any atom is 0.164 e. The van der Waals surface area contributed by atoms with Gasteiger partial charge < -0.3 is 4.42 Å². The van der Waals surface area contributed by atoms with Crippen LogP contribution in [0.15, 0.2) is 186 Å². The average Bonchev–Trinajstić information content (AvgIpc) is 3.60. The van der Waals surface area contributed by atoms with Crippen molar-refractivity contribution in [1.29, 1.82) is 0 Å². The minimum Gasteiger partial charge on any atom is -0.455 e. The van der Waals surface area contributed by atoms with E-state index in [-0.39, 0.29) is 11.8 Å². The minimum absolute atomic E-state index is 0.239. The van der Waals surface area contributed by atoms with E-state index in [4.69, 9.17) is 19.4 Å². The van der Waals surface area contributed by atoms with Gasteiger partial charge in [-0.1, -0.05) is 164 Å². The van der Waals surface area contributed by atoms with E-state index in [9.17, 15) is 0 Å². The standard InChI is InChI=1S/C47H31N3O/c1-3-14-31(15-4-1)35-27-28-38(37-20-10-9-19-36(35)37)39-21-11-22-40-43-41(23-12-24-42(43)51-44(39)40)47-49-45(32-16-5-2-6-17-32)48-46(50-47)34-26-25-30-13-7-8-18-33(30)29-34/h1-29,35-36H. The molecule has 10 rings (SSSR count). The Hall–Kier alpha value is -6.65. The Kier molecular flexibility index (Phi) is 6.91.